The van der Waals surface area contributed by atoms with E-state index in [1.165, 1.54) is 0 Å². The van der Waals surface area contributed by atoms with Crippen molar-refractivity contribution >= 4 is 27.7 Å². The minimum absolute atomic E-state index is 0.123. The van der Waals surface area contributed by atoms with Crippen LogP contribution in [0.2, 0.25) is 0 Å². The van der Waals surface area contributed by atoms with E-state index in [1.54, 1.807) is 0 Å². The maximum atomic E-state index is 12.4. The number of carbonyl (C=O) groups excluding carboxylic acids is 1. The summed E-state index contributed by atoms with van der Waals surface area (Å²) >= 11 is 3.52. The van der Waals surface area contributed by atoms with Crippen LogP contribution in [0.3, 0.4) is 0 Å². The van der Waals surface area contributed by atoms with Crippen LogP contribution in [-0.2, 0) is 9.57 Å². The van der Waals surface area contributed by atoms with Crippen molar-refractivity contribution in [2.24, 2.45) is 11.1 Å². The summed E-state index contributed by atoms with van der Waals surface area (Å²) in [6.07, 6.45) is 3.89. The predicted molar refractivity (Wildman–Crippen MR) is 132 cm³/mol. The zero-order chi connectivity index (χ0) is 23.4. The molecule has 0 saturated carbocycles. The number of nitrogens with zero attached hydrogens (tertiary/aromatic N) is 3. The summed E-state index contributed by atoms with van der Waals surface area (Å²) in [4.78, 5) is 22.4. The van der Waals surface area contributed by atoms with Gasteiger partial charge in [0, 0.05) is 29.0 Å². The van der Waals surface area contributed by atoms with E-state index >= 15 is 0 Å². The van der Waals surface area contributed by atoms with Gasteiger partial charge in [-0.2, -0.15) is 0 Å². The number of hydrogen-bond acceptors (Lipinski definition) is 5. The number of carbonyl (C=O) groups is 1. The Morgan fingerprint density at radius 3 is 2.25 bits per heavy atom. The minimum Gasteiger partial charge on any atom is -0.444 e. The van der Waals surface area contributed by atoms with Gasteiger partial charge in [-0.15, -0.1) is 0 Å². The number of halogens is 1. The van der Waals surface area contributed by atoms with Gasteiger partial charge in [0.25, 0.3) is 0 Å². The number of benzene rings is 1. The van der Waals surface area contributed by atoms with Crippen LogP contribution in [0.25, 0.3) is 0 Å². The molecule has 0 aliphatic carbocycles. The molecular formula is C25H38BrN3O3. The monoisotopic (exact) mass is 507 g/mol. The van der Waals surface area contributed by atoms with Gasteiger partial charge in [-0.05, 0) is 91.1 Å². The zero-order valence-corrected chi connectivity index (χ0v) is 21.8. The summed E-state index contributed by atoms with van der Waals surface area (Å²) in [6.45, 7) is 14.2. The molecule has 2 fully saturated rings. The molecule has 0 unspecified atom stereocenters. The van der Waals surface area contributed by atoms with Gasteiger partial charge < -0.3 is 14.5 Å². The molecule has 0 spiro atoms. The molecule has 3 rings (SSSR count). The SMILES string of the molecule is CCO/N=C(\c1ccc(Br)cc1)C1CCN(C2(C)CCN(C(=O)OC(C)(C)C)CC2)CC1. The molecule has 2 aliphatic heterocycles. The van der Waals surface area contributed by atoms with Crippen LogP contribution in [0, 0.1) is 5.92 Å². The second-order valence-corrected chi connectivity index (χ2v) is 11.0. The highest BCUT2D eigenvalue weighted by molar-refractivity contribution is 9.10. The molecule has 2 aliphatic rings. The van der Waals surface area contributed by atoms with E-state index in [2.05, 4.69) is 57.2 Å². The number of amides is 1. The number of rotatable bonds is 5. The Morgan fingerprint density at radius 2 is 1.72 bits per heavy atom. The summed E-state index contributed by atoms with van der Waals surface area (Å²) in [5, 5.41) is 4.50. The topological polar surface area (TPSA) is 54.4 Å². The molecule has 32 heavy (non-hydrogen) atoms. The molecule has 1 aromatic carbocycles. The zero-order valence-electron chi connectivity index (χ0n) is 20.2. The predicted octanol–water partition coefficient (Wildman–Crippen LogP) is 5.69. The van der Waals surface area contributed by atoms with Gasteiger partial charge in [0.1, 0.15) is 12.2 Å². The molecule has 1 aromatic rings. The third-order valence-corrected chi connectivity index (χ3v) is 7.10. The van der Waals surface area contributed by atoms with Crippen molar-refractivity contribution in [1.82, 2.24) is 9.80 Å². The first kappa shape index (κ1) is 25.0. The van der Waals surface area contributed by atoms with Crippen molar-refractivity contribution in [3.63, 3.8) is 0 Å². The van der Waals surface area contributed by atoms with Crippen molar-refractivity contribution in [3.05, 3.63) is 34.3 Å². The number of hydrogen-bond donors (Lipinski definition) is 0. The molecule has 6 nitrogen and oxygen atoms in total. The minimum atomic E-state index is -0.449. The van der Waals surface area contributed by atoms with Gasteiger partial charge in [-0.1, -0.05) is 33.2 Å². The lowest BCUT2D eigenvalue weighted by molar-refractivity contribution is -0.00828. The summed E-state index contributed by atoms with van der Waals surface area (Å²) in [5.74, 6) is 0.393. The molecule has 0 atom stereocenters. The molecule has 2 heterocycles. The van der Waals surface area contributed by atoms with Crippen molar-refractivity contribution in [3.8, 4) is 0 Å². The van der Waals surface area contributed by atoms with E-state index in [-0.39, 0.29) is 11.6 Å². The lowest BCUT2D eigenvalue weighted by atomic mass is 9.82. The van der Waals surface area contributed by atoms with Crippen molar-refractivity contribution in [1.29, 1.82) is 0 Å². The van der Waals surface area contributed by atoms with E-state index < -0.39 is 5.60 Å². The Labute approximate surface area is 201 Å². The molecule has 0 N–H and O–H groups in total. The lowest BCUT2D eigenvalue weighted by Gasteiger charge is -2.49. The fourth-order valence-electron chi connectivity index (χ4n) is 4.62. The lowest BCUT2D eigenvalue weighted by Crippen LogP contribution is -2.57. The maximum absolute atomic E-state index is 12.4. The molecule has 7 heteroatoms. The molecular weight excluding hydrogens is 470 g/mol. The number of ether oxygens (including phenoxy) is 1. The number of oxime groups is 1. The average Bonchev–Trinajstić information content (AvgIpc) is 2.75. The second kappa shape index (κ2) is 10.6. The molecule has 0 radical (unpaired) electrons. The van der Waals surface area contributed by atoms with Crippen molar-refractivity contribution < 1.29 is 14.4 Å². The van der Waals surface area contributed by atoms with Crippen LogP contribution in [0.1, 0.15) is 65.9 Å². The maximum Gasteiger partial charge on any atom is 0.410 e. The van der Waals surface area contributed by atoms with Gasteiger partial charge in [0.2, 0.25) is 0 Å². The first-order valence-electron chi connectivity index (χ1n) is 11.8. The van der Waals surface area contributed by atoms with Gasteiger partial charge in [-0.25, -0.2) is 4.79 Å². The van der Waals surface area contributed by atoms with Gasteiger partial charge >= 0.3 is 6.09 Å². The van der Waals surface area contributed by atoms with Crippen LogP contribution in [0.15, 0.2) is 33.9 Å². The standard InChI is InChI=1S/C25H38BrN3O3/c1-6-31-27-22(19-7-9-21(26)10-8-19)20-11-15-29(16-12-20)25(5)13-17-28(18-14-25)23(30)32-24(2,3)4/h7-10,20H,6,11-18H2,1-5H3/b27-22+. The Morgan fingerprint density at radius 1 is 1.12 bits per heavy atom. The van der Waals surface area contributed by atoms with E-state index in [9.17, 15) is 4.79 Å². The Bertz CT molecular complexity index is 788. The number of piperidine rings is 2. The van der Waals surface area contributed by atoms with E-state index in [0.29, 0.717) is 12.5 Å². The summed E-state index contributed by atoms with van der Waals surface area (Å²) in [7, 11) is 0. The molecule has 0 bridgehead atoms. The second-order valence-electron chi connectivity index (χ2n) is 10.1. The summed E-state index contributed by atoms with van der Waals surface area (Å²) in [5.41, 5.74) is 1.87. The van der Waals surface area contributed by atoms with E-state index in [1.807, 2.05) is 32.6 Å². The van der Waals surface area contributed by atoms with Crippen molar-refractivity contribution in [2.75, 3.05) is 32.8 Å². The Hall–Kier alpha value is -1.60. The summed E-state index contributed by atoms with van der Waals surface area (Å²) in [6, 6.07) is 8.35. The molecule has 2 saturated heterocycles. The first-order chi connectivity index (χ1) is 15.1. The quantitative estimate of drug-likeness (QED) is 0.379. The van der Waals surface area contributed by atoms with Crippen LogP contribution in [-0.4, -0.2) is 65.5 Å². The van der Waals surface area contributed by atoms with Crippen LogP contribution in [0.5, 0.6) is 0 Å². The highest BCUT2D eigenvalue weighted by atomic mass is 79.9. The van der Waals surface area contributed by atoms with E-state index in [0.717, 1.165) is 67.6 Å². The molecule has 0 aromatic heterocycles. The summed E-state index contributed by atoms with van der Waals surface area (Å²) < 4.78 is 6.63. The first-order valence-corrected chi connectivity index (χ1v) is 12.6. The Balaban J connectivity index is 1.58. The fourth-order valence-corrected chi connectivity index (χ4v) is 4.89. The highest BCUT2D eigenvalue weighted by Gasteiger charge is 2.40. The van der Waals surface area contributed by atoms with Crippen LogP contribution in [0.4, 0.5) is 4.79 Å². The van der Waals surface area contributed by atoms with Gasteiger partial charge in [0.15, 0.2) is 0 Å². The van der Waals surface area contributed by atoms with Gasteiger partial charge in [0.05, 0.1) is 5.71 Å². The Kier molecular flexibility index (Phi) is 8.26. The molecule has 178 valence electrons. The van der Waals surface area contributed by atoms with Crippen molar-refractivity contribution in [2.45, 2.75) is 71.4 Å². The molecule has 1 amide bonds. The average molecular weight is 509 g/mol. The number of likely N-dealkylation sites (tertiary alicyclic amines) is 2. The smallest absolute Gasteiger partial charge is 0.410 e. The fraction of sp³-hybridized carbons (Fsp3) is 0.680. The third-order valence-electron chi connectivity index (χ3n) is 6.57. The van der Waals surface area contributed by atoms with Crippen LogP contribution >= 0.6 is 15.9 Å². The van der Waals surface area contributed by atoms with Gasteiger partial charge in [-0.3, -0.25) is 4.90 Å². The van der Waals surface area contributed by atoms with E-state index in [4.69, 9.17) is 9.57 Å². The van der Waals surface area contributed by atoms with Crippen LogP contribution < -0.4 is 0 Å². The largest absolute Gasteiger partial charge is 0.444 e. The third kappa shape index (κ3) is 6.47. The highest BCUT2D eigenvalue weighted by Crippen LogP contribution is 2.34. The normalized spacial score (nSPS) is 20.8.